The average molecular weight is 256 g/mol. The van der Waals surface area contributed by atoms with E-state index in [0.717, 1.165) is 0 Å². The number of carbonyl (C=O) groups excluding carboxylic acids is 4. The van der Waals surface area contributed by atoms with Gasteiger partial charge in [-0.15, -0.1) is 0 Å². The zero-order valence-electron chi connectivity index (χ0n) is 9.87. The van der Waals surface area contributed by atoms with Gasteiger partial charge in [0, 0.05) is 13.8 Å². The van der Waals surface area contributed by atoms with Crippen molar-refractivity contribution in [1.82, 2.24) is 0 Å². The van der Waals surface area contributed by atoms with Crippen LogP contribution in [-0.2, 0) is 33.4 Å². The number of fused-ring (bicyclic) bond motifs is 2. The summed E-state index contributed by atoms with van der Waals surface area (Å²) in [6.45, 7) is 2.36. The third-order valence-corrected chi connectivity index (χ3v) is 3.04. The molecule has 4 atom stereocenters. The molecule has 2 bridgehead atoms. The van der Waals surface area contributed by atoms with Gasteiger partial charge >= 0.3 is 23.9 Å². The van der Waals surface area contributed by atoms with Crippen LogP contribution in [0.4, 0.5) is 0 Å². The molecular weight excluding hydrogens is 244 g/mol. The summed E-state index contributed by atoms with van der Waals surface area (Å²) in [5.74, 6) is -4.19. The zero-order valence-corrected chi connectivity index (χ0v) is 9.87. The van der Waals surface area contributed by atoms with Crippen molar-refractivity contribution < 1.29 is 33.4 Å². The molecule has 0 aromatic heterocycles. The standard InChI is InChI=1S/C11H12O7/c1-4(12)16-8-6-3-7(9(8)17-5(2)13)11(15)18-10(6)14/h6-9H,3H2,1-2H3. The van der Waals surface area contributed by atoms with Crippen molar-refractivity contribution in [1.29, 1.82) is 0 Å². The fraction of sp³-hybridized carbons (Fsp3) is 0.636. The number of ether oxygens (including phenoxy) is 3. The Morgan fingerprint density at radius 3 is 1.72 bits per heavy atom. The van der Waals surface area contributed by atoms with Crippen LogP contribution in [0.25, 0.3) is 0 Å². The van der Waals surface area contributed by atoms with Crippen LogP contribution in [0.15, 0.2) is 0 Å². The van der Waals surface area contributed by atoms with Crippen LogP contribution in [0, 0.1) is 11.8 Å². The molecule has 0 amide bonds. The lowest BCUT2D eigenvalue weighted by molar-refractivity contribution is -0.170. The minimum Gasteiger partial charge on any atom is -0.458 e. The predicted octanol–water partition coefficient (Wildman–Crippen LogP) is -0.431. The Kier molecular flexibility index (Phi) is 3.06. The van der Waals surface area contributed by atoms with Crippen LogP contribution >= 0.6 is 0 Å². The van der Waals surface area contributed by atoms with Crippen molar-refractivity contribution in [3.8, 4) is 0 Å². The van der Waals surface area contributed by atoms with Gasteiger partial charge < -0.3 is 14.2 Å². The van der Waals surface area contributed by atoms with Gasteiger partial charge in [0.15, 0.2) is 12.2 Å². The summed E-state index contributed by atoms with van der Waals surface area (Å²) in [6.07, 6.45) is -1.72. The van der Waals surface area contributed by atoms with Gasteiger partial charge in [0.2, 0.25) is 0 Å². The predicted molar refractivity (Wildman–Crippen MR) is 53.8 cm³/mol. The van der Waals surface area contributed by atoms with Crippen molar-refractivity contribution in [2.45, 2.75) is 32.5 Å². The van der Waals surface area contributed by atoms with Gasteiger partial charge in [-0.1, -0.05) is 0 Å². The zero-order chi connectivity index (χ0) is 13.4. The van der Waals surface area contributed by atoms with Gasteiger partial charge in [-0.2, -0.15) is 0 Å². The Hall–Kier alpha value is -1.92. The number of esters is 4. The number of rotatable bonds is 2. The quantitative estimate of drug-likeness (QED) is 0.375. The molecule has 0 aromatic rings. The molecule has 1 aliphatic heterocycles. The number of carbonyl (C=O) groups is 4. The van der Waals surface area contributed by atoms with Crippen molar-refractivity contribution >= 4 is 23.9 Å². The smallest absolute Gasteiger partial charge is 0.320 e. The largest absolute Gasteiger partial charge is 0.458 e. The highest BCUT2D eigenvalue weighted by atomic mass is 16.6. The molecule has 1 saturated heterocycles. The van der Waals surface area contributed by atoms with Gasteiger partial charge in [-0.25, -0.2) is 0 Å². The molecule has 0 aromatic carbocycles. The summed E-state index contributed by atoms with van der Waals surface area (Å²) in [5.41, 5.74) is 0. The molecule has 0 spiro atoms. The second-order valence-electron chi connectivity index (χ2n) is 4.34. The minimum absolute atomic E-state index is 0.174. The number of cyclic esters (lactones) is 2. The summed E-state index contributed by atoms with van der Waals surface area (Å²) >= 11 is 0. The van der Waals surface area contributed by atoms with Crippen LogP contribution < -0.4 is 0 Å². The van der Waals surface area contributed by atoms with E-state index in [1.165, 1.54) is 13.8 Å². The molecule has 1 saturated carbocycles. The second kappa shape index (κ2) is 4.40. The Balaban J connectivity index is 2.27. The van der Waals surface area contributed by atoms with Crippen molar-refractivity contribution in [2.75, 3.05) is 0 Å². The molecule has 98 valence electrons. The minimum atomic E-state index is -0.949. The Morgan fingerprint density at radius 1 is 1.00 bits per heavy atom. The van der Waals surface area contributed by atoms with E-state index in [1.807, 2.05) is 0 Å². The summed E-state index contributed by atoms with van der Waals surface area (Å²) in [7, 11) is 0. The third-order valence-electron chi connectivity index (χ3n) is 3.04. The first kappa shape index (κ1) is 12.5. The highest BCUT2D eigenvalue weighted by molar-refractivity contribution is 5.93. The topological polar surface area (TPSA) is 96.0 Å². The van der Waals surface area contributed by atoms with E-state index >= 15 is 0 Å². The molecule has 7 nitrogen and oxygen atoms in total. The van der Waals surface area contributed by atoms with Crippen molar-refractivity contribution in [3.63, 3.8) is 0 Å². The summed E-state index contributed by atoms with van der Waals surface area (Å²) in [6, 6.07) is 0. The van der Waals surface area contributed by atoms with E-state index in [4.69, 9.17) is 9.47 Å². The molecule has 1 heterocycles. The van der Waals surface area contributed by atoms with Crippen molar-refractivity contribution in [2.24, 2.45) is 11.8 Å². The lowest BCUT2D eigenvalue weighted by Crippen LogP contribution is -2.37. The summed E-state index contributed by atoms with van der Waals surface area (Å²) in [4.78, 5) is 45.0. The average Bonchev–Trinajstić information content (AvgIpc) is 2.52. The first-order valence-electron chi connectivity index (χ1n) is 5.50. The van der Waals surface area contributed by atoms with E-state index in [0.29, 0.717) is 0 Å². The Bertz CT molecular complexity index is 389. The lowest BCUT2D eigenvalue weighted by atomic mass is 10.0. The molecule has 7 heteroatoms. The molecule has 2 rings (SSSR count). The first-order valence-corrected chi connectivity index (χ1v) is 5.50. The highest BCUT2D eigenvalue weighted by Crippen LogP contribution is 2.41. The number of hydrogen-bond acceptors (Lipinski definition) is 7. The van der Waals surface area contributed by atoms with Gasteiger partial charge in [0.1, 0.15) is 0 Å². The van der Waals surface area contributed by atoms with E-state index in [9.17, 15) is 19.2 Å². The van der Waals surface area contributed by atoms with Crippen LogP contribution in [0.2, 0.25) is 0 Å². The molecule has 1 aliphatic carbocycles. The monoisotopic (exact) mass is 256 g/mol. The molecule has 4 unspecified atom stereocenters. The third kappa shape index (κ3) is 2.07. The van der Waals surface area contributed by atoms with Crippen LogP contribution in [0.5, 0.6) is 0 Å². The number of hydrogen-bond donors (Lipinski definition) is 0. The van der Waals surface area contributed by atoms with Gasteiger partial charge in [-0.05, 0) is 6.42 Å². The molecular formula is C11H12O7. The SMILES string of the molecule is CC(=O)OC1C2CC(C(=O)OC2=O)C1OC(C)=O. The van der Waals surface area contributed by atoms with Gasteiger partial charge in [0.25, 0.3) is 0 Å². The first-order chi connectivity index (χ1) is 8.40. The van der Waals surface area contributed by atoms with E-state index in [1.54, 1.807) is 0 Å². The maximum Gasteiger partial charge on any atom is 0.320 e. The van der Waals surface area contributed by atoms with E-state index in [-0.39, 0.29) is 6.42 Å². The molecule has 0 radical (unpaired) electrons. The molecule has 2 aliphatic rings. The fourth-order valence-corrected chi connectivity index (χ4v) is 2.39. The summed E-state index contributed by atoms with van der Waals surface area (Å²) < 4.78 is 14.5. The van der Waals surface area contributed by atoms with Crippen molar-refractivity contribution in [3.05, 3.63) is 0 Å². The Labute approximate surface area is 102 Å². The second-order valence-corrected chi connectivity index (χ2v) is 4.34. The van der Waals surface area contributed by atoms with E-state index in [2.05, 4.69) is 4.74 Å². The van der Waals surface area contributed by atoms with E-state index < -0.39 is 47.9 Å². The Morgan fingerprint density at radius 2 is 1.39 bits per heavy atom. The maximum absolute atomic E-state index is 11.5. The van der Waals surface area contributed by atoms with Crippen LogP contribution in [0.1, 0.15) is 20.3 Å². The van der Waals surface area contributed by atoms with Gasteiger partial charge in [-0.3, -0.25) is 19.2 Å². The molecule has 18 heavy (non-hydrogen) atoms. The lowest BCUT2D eigenvalue weighted by Gasteiger charge is -2.21. The normalized spacial score (nSPS) is 33.9. The van der Waals surface area contributed by atoms with Crippen LogP contribution in [-0.4, -0.2) is 36.1 Å². The maximum atomic E-state index is 11.5. The van der Waals surface area contributed by atoms with Crippen LogP contribution in [0.3, 0.4) is 0 Å². The highest BCUT2D eigenvalue weighted by Gasteiger charge is 2.58. The fourth-order valence-electron chi connectivity index (χ4n) is 2.39. The molecule has 2 fully saturated rings. The molecule has 0 N–H and O–H groups in total. The van der Waals surface area contributed by atoms with Gasteiger partial charge in [0.05, 0.1) is 11.8 Å². The summed E-state index contributed by atoms with van der Waals surface area (Å²) in [5, 5.41) is 0.